The molecular weight excluding hydrogens is 174 g/mol. The van der Waals surface area contributed by atoms with Gasteiger partial charge in [0.15, 0.2) is 0 Å². The molecule has 14 heavy (non-hydrogen) atoms. The molecule has 0 aromatic heterocycles. The first-order valence-corrected chi connectivity index (χ1v) is 5.86. The molecule has 0 aromatic carbocycles. The molecule has 0 N–H and O–H groups in total. The number of ether oxygens (including phenoxy) is 1. The predicted molar refractivity (Wildman–Crippen MR) is 58.4 cm³/mol. The second-order valence-corrected chi connectivity index (χ2v) is 5.87. The molecule has 1 aliphatic carbocycles. The molecule has 2 heteroatoms. The van der Waals surface area contributed by atoms with Gasteiger partial charge in [0.2, 0.25) is 0 Å². The quantitative estimate of drug-likeness (QED) is 0.639. The molecule has 0 aromatic rings. The van der Waals surface area contributed by atoms with Crippen LogP contribution in [0.5, 0.6) is 0 Å². The van der Waals surface area contributed by atoms with E-state index in [1.54, 1.807) is 0 Å². The lowest BCUT2D eigenvalue weighted by Crippen LogP contribution is -2.59. The summed E-state index contributed by atoms with van der Waals surface area (Å²) in [4.78, 5) is 2.67. The molecule has 0 radical (unpaired) electrons. The fraction of sp³-hybridized carbons (Fsp3) is 1.00. The van der Waals surface area contributed by atoms with Crippen LogP contribution in [0.4, 0.5) is 0 Å². The first kappa shape index (κ1) is 10.4. The summed E-state index contributed by atoms with van der Waals surface area (Å²) in [5.74, 6) is 0.914. The maximum atomic E-state index is 5.68. The molecule has 1 saturated heterocycles. The van der Waals surface area contributed by atoms with Gasteiger partial charge in [-0.1, -0.05) is 0 Å². The van der Waals surface area contributed by atoms with Crippen LogP contribution in [-0.2, 0) is 4.74 Å². The van der Waals surface area contributed by atoms with Crippen molar-refractivity contribution in [3.8, 4) is 0 Å². The van der Waals surface area contributed by atoms with Crippen LogP contribution in [0.3, 0.4) is 0 Å². The Morgan fingerprint density at radius 1 is 1.14 bits per heavy atom. The third-order valence-corrected chi connectivity index (χ3v) is 3.42. The monoisotopic (exact) mass is 197 g/mol. The maximum absolute atomic E-state index is 5.68. The molecule has 0 amide bonds. The van der Waals surface area contributed by atoms with E-state index in [0.717, 1.165) is 19.1 Å². The van der Waals surface area contributed by atoms with E-state index in [1.807, 2.05) is 0 Å². The summed E-state index contributed by atoms with van der Waals surface area (Å²) in [7, 11) is 0. The Labute approximate surface area is 87.6 Å². The molecule has 2 nitrogen and oxygen atoms in total. The van der Waals surface area contributed by atoms with Gasteiger partial charge in [0.1, 0.15) is 0 Å². The van der Waals surface area contributed by atoms with Crippen molar-refractivity contribution in [1.29, 1.82) is 0 Å². The smallest absolute Gasteiger partial charge is 0.0625 e. The summed E-state index contributed by atoms with van der Waals surface area (Å²) >= 11 is 0. The van der Waals surface area contributed by atoms with Crippen molar-refractivity contribution in [1.82, 2.24) is 4.90 Å². The molecule has 2 rings (SSSR count). The highest BCUT2D eigenvalue weighted by Crippen LogP contribution is 2.40. The molecular formula is C12H23NO. The van der Waals surface area contributed by atoms with E-state index < -0.39 is 0 Å². The second-order valence-electron chi connectivity index (χ2n) is 5.87. The maximum Gasteiger partial charge on any atom is 0.0625 e. The fourth-order valence-electron chi connectivity index (χ4n) is 2.85. The molecule has 1 saturated carbocycles. The summed E-state index contributed by atoms with van der Waals surface area (Å²) in [6, 6.07) is 1.26. The molecule has 82 valence electrons. The molecule has 2 atom stereocenters. The molecule has 1 aliphatic heterocycles. The summed E-state index contributed by atoms with van der Waals surface area (Å²) in [5.41, 5.74) is 0.288. The lowest BCUT2D eigenvalue weighted by Gasteiger charge is -2.48. The second kappa shape index (κ2) is 3.49. The van der Waals surface area contributed by atoms with Crippen molar-refractivity contribution in [3.05, 3.63) is 0 Å². The molecule has 0 unspecified atom stereocenters. The van der Waals surface area contributed by atoms with E-state index in [9.17, 15) is 0 Å². The minimum Gasteiger partial charge on any atom is -0.378 e. The van der Waals surface area contributed by atoms with Crippen molar-refractivity contribution in [2.24, 2.45) is 5.92 Å². The molecule has 1 heterocycles. The number of rotatable bonds is 1. The van der Waals surface area contributed by atoms with E-state index in [-0.39, 0.29) is 5.54 Å². The average Bonchev–Trinajstić information content (AvgIpc) is 2.83. The van der Waals surface area contributed by atoms with Gasteiger partial charge in [0.25, 0.3) is 0 Å². The molecule has 0 bridgehead atoms. The lowest BCUT2D eigenvalue weighted by molar-refractivity contribution is -0.0909. The minimum absolute atomic E-state index is 0.288. The van der Waals surface area contributed by atoms with Crippen LogP contribution in [0.25, 0.3) is 0 Å². The van der Waals surface area contributed by atoms with E-state index in [2.05, 4.69) is 32.6 Å². The topological polar surface area (TPSA) is 12.5 Å². The third kappa shape index (κ3) is 1.96. The Hall–Kier alpha value is -0.0800. The van der Waals surface area contributed by atoms with Crippen molar-refractivity contribution in [2.45, 2.75) is 58.2 Å². The van der Waals surface area contributed by atoms with Gasteiger partial charge in [-0.25, -0.2) is 0 Å². The molecule has 0 spiro atoms. The van der Waals surface area contributed by atoms with E-state index in [4.69, 9.17) is 4.74 Å². The highest BCUT2D eigenvalue weighted by atomic mass is 16.5. The zero-order valence-electron chi connectivity index (χ0n) is 9.92. The number of hydrogen-bond donors (Lipinski definition) is 0. The lowest BCUT2D eigenvalue weighted by atomic mass is 9.96. The summed E-state index contributed by atoms with van der Waals surface area (Å²) < 4.78 is 5.68. The summed E-state index contributed by atoms with van der Waals surface area (Å²) in [6.07, 6.45) is 2.82. The van der Waals surface area contributed by atoms with Crippen molar-refractivity contribution in [2.75, 3.05) is 13.2 Å². The zero-order chi connectivity index (χ0) is 10.3. The van der Waals surface area contributed by atoms with E-state index in [1.165, 1.54) is 12.8 Å². The SMILES string of the molecule is C[C@@H]1COC[C@H](C2CC2)N1C(C)(C)C. The van der Waals surface area contributed by atoms with Gasteiger partial charge in [-0.2, -0.15) is 0 Å². The van der Waals surface area contributed by atoms with E-state index >= 15 is 0 Å². The van der Waals surface area contributed by atoms with Gasteiger partial charge in [-0.3, -0.25) is 4.90 Å². The number of nitrogens with zero attached hydrogens (tertiary/aromatic N) is 1. The predicted octanol–water partition coefficient (Wildman–Crippen LogP) is 2.28. The Kier molecular flexibility index (Phi) is 2.61. The van der Waals surface area contributed by atoms with Crippen LogP contribution in [0, 0.1) is 5.92 Å². The van der Waals surface area contributed by atoms with Gasteiger partial charge < -0.3 is 4.74 Å². The minimum atomic E-state index is 0.288. The fourth-order valence-corrected chi connectivity index (χ4v) is 2.85. The first-order chi connectivity index (χ1) is 6.50. The zero-order valence-corrected chi connectivity index (χ0v) is 9.92. The van der Waals surface area contributed by atoms with Crippen molar-refractivity contribution >= 4 is 0 Å². The van der Waals surface area contributed by atoms with Crippen LogP contribution < -0.4 is 0 Å². The van der Waals surface area contributed by atoms with Gasteiger partial charge in [0, 0.05) is 17.6 Å². The number of hydrogen-bond acceptors (Lipinski definition) is 2. The molecule has 2 aliphatic rings. The Morgan fingerprint density at radius 2 is 1.79 bits per heavy atom. The summed E-state index contributed by atoms with van der Waals surface area (Å²) in [5, 5.41) is 0. The Balaban J connectivity index is 2.12. The third-order valence-electron chi connectivity index (χ3n) is 3.42. The van der Waals surface area contributed by atoms with Crippen molar-refractivity contribution < 1.29 is 4.74 Å². The van der Waals surface area contributed by atoms with Gasteiger partial charge >= 0.3 is 0 Å². The van der Waals surface area contributed by atoms with Crippen LogP contribution in [-0.4, -0.2) is 35.7 Å². The Morgan fingerprint density at radius 3 is 2.29 bits per heavy atom. The van der Waals surface area contributed by atoms with Crippen LogP contribution in [0.1, 0.15) is 40.5 Å². The first-order valence-electron chi connectivity index (χ1n) is 5.86. The van der Waals surface area contributed by atoms with E-state index in [0.29, 0.717) is 12.1 Å². The molecule has 2 fully saturated rings. The number of morpholine rings is 1. The highest BCUT2D eigenvalue weighted by molar-refractivity contribution is 4.96. The van der Waals surface area contributed by atoms with Gasteiger partial charge in [-0.15, -0.1) is 0 Å². The largest absolute Gasteiger partial charge is 0.378 e. The highest BCUT2D eigenvalue weighted by Gasteiger charge is 2.43. The van der Waals surface area contributed by atoms with Crippen LogP contribution in [0.2, 0.25) is 0 Å². The van der Waals surface area contributed by atoms with Crippen LogP contribution >= 0.6 is 0 Å². The standard InChI is InChI=1S/C12H23NO/c1-9-7-14-8-11(10-5-6-10)13(9)12(2,3)4/h9-11H,5-8H2,1-4H3/t9-,11-/m1/s1. The normalized spacial score (nSPS) is 36.0. The summed E-state index contributed by atoms with van der Waals surface area (Å²) in [6.45, 7) is 11.1. The average molecular weight is 197 g/mol. The van der Waals surface area contributed by atoms with Crippen molar-refractivity contribution in [3.63, 3.8) is 0 Å². The van der Waals surface area contributed by atoms with Gasteiger partial charge in [0.05, 0.1) is 13.2 Å². The van der Waals surface area contributed by atoms with Gasteiger partial charge in [-0.05, 0) is 46.5 Å². The van der Waals surface area contributed by atoms with Crippen LogP contribution in [0.15, 0.2) is 0 Å². The Bertz CT molecular complexity index is 205.